The zero-order valence-corrected chi connectivity index (χ0v) is 8.69. The van der Waals surface area contributed by atoms with E-state index in [0.29, 0.717) is 13.2 Å². The van der Waals surface area contributed by atoms with E-state index in [1.165, 1.54) is 5.56 Å². The first-order valence-corrected chi connectivity index (χ1v) is 5.00. The molecule has 2 rings (SSSR count). The van der Waals surface area contributed by atoms with Gasteiger partial charge in [0.15, 0.2) is 6.29 Å². The van der Waals surface area contributed by atoms with Crippen LogP contribution in [0.3, 0.4) is 0 Å². The van der Waals surface area contributed by atoms with Gasteiger partial charge in [0.2, 0.25) is 0 Å². The Morgan fingerprint density at radius 3 is 2.21 bits per heavy atom. The molecule has 0 aromatic heterocycles. The summed E-state index contributed by atoms with van der Waals surface area (Å²) >= 11 is 0. The first-order chi connectivity index (χ1) is 6.71. The Balaban J connectivity index is 2.22. The van der Waals surface area contributed by atoms with Crippen LogP contribution in [0.25, 0.3) is 0 Å². The van der Waals surface area contributed by atoms with Crippen molar-refractivity contribution in [1.29, 1.82) is 0 Å². The number of rotatable bonds is 2. The molecule has 1 fully saturated rings. The first kappa shape index (κ1) is 9.69. The van der Waals surface area contributed by atoms with Crippen LogP contribution in [0, 0.1) is 0 Å². The molecule has 0 saturated carbocycles. The van der Waals surface area contributed by atoms with Crippen LogP contribution < -0.4 is 0 Å². The van der Waals surface area contributed by atoms with Gasteiger partial charge < -0.3 is 9.47 Å². The summed E-state index contributed by atoms with van der Waals surface area (Å²) in [5, 5.41) is 0. The molecule has 1 saturated heterocycles. The van der Waals surface area contributed by atoms with Crippen LogP contribution in [0.4, 0.5) is 0 Å². The van der Waals surface area contributed by atoms with Crippen LogP contribution in [0.1, 0.15) is 19.4 Å². The lowest BCUT2D eigenvalue weighted by molar-refractivity contribution is -0.0885. The van der Waals surface area contributed by atoms with Gasteiger partial charge in [0.1, 0.15) is 0 Å². The molecule has 76 valence electrons. The molecule has 0 atom stereocenters. The topological polar surface area (TPSA) is 18.5 Å². The van der Waals surface area contributed by atoms with Crippen LogP contribution >= 0.6 is 0 Å². The fourth-order valence-electron chi connectivity index (χ4n) is 1.78. The average Bonchev–Trinajstić information content (AvgIpc) is 2.72. The maximum absolute atomic E-state index is 5.55. The first-order valence-electron chi connectivity index (χ1n) is 5.00. The monoisotopic (exact) mass is 192 g/mol. The fourth-order valence-corrected chi connectivity index (χ4v) is 1.78. The van der Waals surface area contributed by atoms with E-state index >= 15 is 0 Å². The van der Waals surface area contributed by atoms with Crippen molar-refractivity contribution in [2.24, 2.45) is 0 Å². The molecule has 0 N–H and O–H groups in total. The quantitative estimate of drug-likeness (QED) is 0.716. The van der Waals surface area contributed by atoms with E-state index < -0.39 is 0 Å². The van der Waals surface area contributed by atoms with Crippen LogP contribution in [0.15, 0.2) is 30.3 Å². The Kier molecular flexibility index (Phi) is 2.57. The summed E-state index contributed by atoms with van der Waals surface area (Å²) in [6.07, 6.45) is -0.107. The standard InChI is InChI=1S/C12H16O2/c1-12(2,11-13-8-9-14-11)10-6-4-3-5-7-10/h3-7,11H,8-9H2,1-2H3. The molecule has 0 unspecified atom stereocenters. The summed E-state index contributed by atoms with van der Waals surface area (Å²) < 4.78 is 11.1. The molecule has 0 amide bonds. The molecule has 1 aliphatic heterocycles. The summed E-state index contributed by atoms with van der Waals surface area (Å²) in [5.41, 5.74) is 1.18. The minimum absolute atomic E-state index is 0.0717. The van der Waals surface area contributed by atoms with Crippen molar-refractivity contribution in [1.82, 2.24) is 0 Å². The van der Waals surface area contributed by atoms with Gasteiger partial charge in [-0.25, -0.2) is 0 Å². The maximum atomic E-state index is 5.55. The summed E-state index contributed by atoms with van der Waals surface area (Å²) in [6, 6.07) is 10.4. The van der Waals surface area contributed by atoms with E-state index in [1.54, 1.807) is 0 Å². The average molecular weight is 192 g/mol. The predicted molar refractivity (Wildman–Crippen MR) is 55.2 cm³/mol. The molecule has 0 spiro atoms. The van der Waals surface area contributed by atoms with Crippen molar-refractivity contribution < 1.29 is 9.47 Å². The van der Waals surface area contributed by atoms with Gasteiger partial charge in [-0.15, -0.1) is 0 Å². The van der Waals surface area contributed by atoms with E-state index in [0.717, 1.165) is 0 Å². The molecule has 0 aliphatic carbocycles. The molecule has 1 aromatic carbocycles. The minimum atomic E-state index is -0.107. The number of benzene rings is 1. The van der Waals surface area contributed by atoms with E-state index in [4.69, 9.17) is 9.47 Å². The maximum Gasteiger partial charge on any atom is 0.166 e. The third kappa shape index (κ3) is 1.68. The van der Waals surface area contributed by atoms with Crippen LogP contribution in [0.2, 0.25) is 0 Å². The highest BCUT2D eigenvalue weighted by Crippen LogP contribution is 2.31. The molecule has 2 heteroatoms. The smallest absolute Gasteiger partial charge is 0.166 e. The lowest BCUT2D eigenvalue weighted by atomic mass is 9.84. The molecule has 14 heavy (non-hydrogen) atoms. The van der Waals surface area contributed by atoms with Gasteiger partial charge in [-0.05, 0) is 5.56 Å². The molecule has 1 heterocycles. The second kappa shape index (κ2) is 3.71. The van der Waals surface area contributed by atoms with Crippen molar-refractivity contribution in [3.8, 4) is 0 Å². The Labute approximate surface area is 84.8 Å². The van der Waals surface area contributed by atoms with Gasteiger partial charge in [0.05, 0.1) is 13.2 Å². The molecular formula is C12H16O2. The summed E-state index contributed by atoms with van der Waals surface area (Å²) in [6.45, 7) is 5.72. The normalized spacial score (nSPS) is 18.7. The van der Waals surface area contributed by atoms with Gasteiger partial charge >= 0.3 is 0 Å². The highest BCUT2D eigenvalue weighted by Gasteiger charge is 2.35. The minimum Gasteiger partial charge on any atom is -0.349 e. The van der Waals surface area contributed by atoms with Crippen molar-refractivity contribution in [3.05, 3.63) is 35.9 Å². The molecule has 1 aromatic rings. The molecular weight excluding hydrogens is 176 g/mol. The third-order valence-corrected chi connectivity index (χ3v) is 2.73. The zero-order valence-electron chi connectivity index (χ0n) is 8.69. The summed E-state index contributed by atoms with van der Waals surface area (Å²) in [4.78, 5) is 0. The molecule has 1 aliphatic rings. The second-order valence-corrected chi connectivity index (χ2v) is 4.16. The van der Waals surface area contributed by atoms with Gasteiger partial charge in [0, 0.05) is 5.41 Å². The van der Waals surface area contributed by atoms with Gasteiger partial charge in [0.25, 0.3) is 0 Å². The summed E-state index contributed by atoms with van der Waals surface area (Å²) in [7, 11) is 0. The van der Waals surface area contributed by atoms with Gasteiger partial charge in [-0.1, -0.05) is 44.2 Å². The Morgan fingerprint density at radius 2 is 1.64 bits per heavy atom. The SMILES string of the molecule is CC(C)(c1ccccc1)C1OCCO1. The Bertz CT molecular complexity index is 286. The van der Waals surface area contributed by atoms with Crippen LogP contribution in [-0.2, 0) is 14.9 Å². The second-order valence-electron chi connectivity index (χ2n) is 4.16. The highest BCUT2D eigenvalue weighted by atomic mass is 16.7. The Hall–Kier alpha value is -0.860. The van der Waals surface area contributed by atoms with Crippen LogP contribution in [-0.4, -0.2) is 19.5 Å². The Morgan fingerprint density at radius 1 is 1.07 bits per heavy atom. The van der Waals surface area contributed by atoms with E-state index in [2.05, 4.69) is 26.0 Å². The number of hydrogen-bond acceptors (Lipinski definition) is 2. The van der Waals surface area contributed by atoms with Crippen molar-refractivity contribution in [2.45, 2.75) is 25.6 Å². The predicted octanol–water partition coefficient (Wildman–Crippen LogP) is 2.34. The number of hydrogen-bond donors (Lipinski definition) is 0. The lowest BCUT2D eigenvalue weighted by Crippen LogP contribution is -2.34. The van der Waals surface area contributed by atoms with Gasteiger partial charge in [-0.3, -0.25) is 0 Å². The van der Waals surface area contributed by atoms with Gasteiger partial charge in [-0.2, -0.15) is 0 Å². The van der Waals surface area contributed by atoms with E-state index in [9.17, 15) is 0 Å². The molecule has 2 nitrogen and oxygen atoms in total. The summed E-state index contributed by atoms with van der Waals surface area (Å²) in [5.74, 6) is 0. The largest absolute Gasteiger partial charge is 0.349 e. The lowest BCUT2D eigenvalue weighted by Gasteiger charge is -2.30. The van der Waals surface area contributed by atoms with Crippen molar-refractivity contribution in [3.63, 3.8) is 0 Å². The van der Waals surface area contributed by atoms with Crippen LogP contribution in [0.5, 0.6) is 0 Å². The number of ether oxygens (including phenoxy) is 2. The van der Waals surface area contributed by atoms with Crippen molar-refractivity contribution >= 4 is 0 Å². The third-order valence-electron chi connectivity index (χ3n) is 2.73. The molecule has 0 radical (unpaired) electrons. The van der Waals surface area contributed by atoms with E-state index in [1.807, 2.05) is 18.2 Å². The van der Waals surface area contributed by atoms with E-state index in [-0.39, 0.29) is 11.7 Å². The highest BCUT2D eigenvalue weighted by molar-refractivity contribution is 5.24. The molecule has 0 bridgehead atoms. The fraction of sp³-hybridized carbons (Fsp3) is 0.500. The zero-order chi connectivity index (χ0) is 10.0. The van der Waals surface area contributed by atoms with Crippen molar-refractivity contribution in [2.75, 3.05) is 13.2 Å².